The van der Waals surface area contributed by atoms with Gasteiger partial charge in [0.1, 0.15) is 6.20 Å². The highest BCUT2D eigenvalue weighted by atomic mass is 32.1. The van der Waals surface area contributed by atoms with Crippen molar-refractivity contribution in [3.63, 3.8) is 0 Å². The lowest BCUT2D eigenvalue weighted by atomic mass is 9.96. The van der Waals surface area contributed by atoms with Gasteiger partial charge < -0.3 is 5.32 Å². The van der Waals surface area contributed by atoms with E-state index in [9.17, 15) is 14.9 Å². The summed E-state index contributed by atoms with van der Waals surface area (Å²) in [4.78, 5) is 21.8. The van der Waals surface area contributed by atoms with Crippen LogP contribution in [0.1, 0.15) is 42.6 Å². The van der Waals surface area contributed by atoms with Gasteiger partial charge in [0, 0.05) is 6.04 Å². The largest absolute Gasteiger partial charge is 0.359 e. The molecule has 1 fully saturated rings. The fourth-order valence-corrected chi connectivity index (χ4v) is 2.45. The van der Waals surface area contributed by atoms with Crippen molar-refractivity contribution in [3.8, 4) is 0 Å². The molecule has 114 valence electrons. The molecule has 21 heavy (non-hydrogen) atoms. The molecule has 0 radical (unpaired) electrons. The van der Waals surface area contributed by atoms with Crippen molar-refractivity contribution in [2.45, 2.75) is 38.1 Å². The van der Waals surface area contributed by atoms with Crippen molar-refractivity contribution in [1.82, 2.24) is 26.4 Å². The zero-order chi connectivity index (χ0) is 15.2. The van der Waals surface area contributed by atoms with Gasteiger partial charge in [-0.3, -0.25) is 30.9 Å². The van der Waals surface area contributed by atoms with E-state index in [0.717, 1.165) is 31.9 Å². The summed E-state index contributed by atoms with van der Waals surface area (Å²) in [6.45, 7) is 0. The van der Waals surface area contributed by atoms with Crippen molar-refractivity contribution in [2.75, 3.05) is 0 Å². The second-order valence-electron chi connectivity index (χ2n) is 4.77. The predicted octanol–water partition coefficient (Wildman–Crippen LogP) is 0.759. The molecule has 0 aromatic carbocycles. The topological polar surface area (TPSA) is 125 Å². The average Bonchev–Trinajstić information content (AvgIpc) is 2.95. The minimum Gasteiger partial charge on any atom is -0.359 e. The lowest BCUT2D eigenvalue weighted by Gasteiger charge is -2.24. The molecular weight excluding hydrogens is 296 g/mol. The quantitative estimate of drug-likeness (QED) is 0.369. The predicted molar refractivity (Wildman–Crippen MR) is 78.5 cm³/mol. The number of nitrogens with zero attached hydrogens (tertiary/aromatic N) is 2. The molecule has 9 nitrogen and oxygen atoms in total. The lowest BCUT2D eigenvalue weighted by Crippen LogP contribution is -2.50. The van der Waals surface area contributed by atoms with Gasteiger partial charge in [0.05, 0.1) is 4.92 Å². The third kappa shape index (κ3) is 4.12. The molecule has 4 N–H and O–H groups in total. The van der Waals surface area contributed by atoms with Crippen molar-refractivity contribution < 1.29 is 9.72 Å². The molecule has 1 aromatic heterocycles. The summed E-state index contributed by atoms with van der Waals surface area (Å²) in [5.74, 6) is -0.702. The van der Waals surface area contributed by atoms with E-state index in [-0.39, 0.29) is 16.5 Å². The highest BCUT2D eigenvalue weighted by molar-refractivity contribution is 7.80. The Morgan fingerprint density at radius 3 is 2.76 bits per heavy atom. The first kappa shape index (κ1) is 15.2. The number of hydrazine groups is 1. The lowest BCUT2D eigenvalue weighted by molar-refractivity contribution is -0.385. The maximum Gasteiger partial charge on any atom is 0.319 e. The Labute approximate surface area is 126 Å². The average molecular weight is 312 g/mol. The van der Waals surface area contributed by atoms with E-state index in [1.54, 1.807) is 0 Å². The third-order valence-electron chi connectivity index (χ3n) is 3.27. The number of carbonyl (C=O) groups excluding carboxylic acids is 1. The summed E-state index contributed by atoms with van der Waals surface area (Å²) in [7, 11) is 0. The Morgan fingerprint density at radius 2 is 2.10 bits per heavy atom. The Morgan fingerprint density at radius 1 is 1.38 bits per heavy atom. The Kier molecular flexibility index (Phi) is 5.04. The van der Waals surface area contributed by atoms with Crippen LogP contribution in [0, 0.1) is 10.1 Å². The molecule has 10 heteroatoms. The SMILES string of the molecule is O=C(NNC(=S)NC1CCCCC1)c1[nH]ncc1[N+](=O)[O-]. The normalized spacial score (nSPS) is 15.2. The Balaban J connectivity index is 1.81. The van der Waals surface area contributed by atoms with Crippen molar-refractivity contribution >= 4 is 28.9 Å². The molecule has 1 heterocycles. The minimum atomic E-state index is -0.702. The molecular formula is C11H16N6O3S. The van der Waals surface area contributed by atoms with Gasteiger partial charge in [0.2, 0.25) is 5.69 Å². The van der Waals surface area contributed by atoms with Crippen LogP contribution in [0.3, 0.4) is 0 Å². The molecule has 1 aliphatic rings. The summed E-state index contributed by atoms with van der Waals surface area (Å²) >= 11 is 5.07. The number of rotatable bonds is 3. The van der Waals surface area contributed by atoms with E-state index in [1.807, 2.05) is 0 Å². The molecule has 0 spiro atoms. The number of carbonyl (C=O) groups is 1. The van der Waals surface area contributed by atoms with Crippen molar-refractivity contribution in [2.24, 2.45) is 0 Å². The molecule has 0 atom stereocenters. The van der Waals surface area contributed by atoms with Gasteiger partial charge in [0.15, 0.2) is 5.11 Å². The standard InChI is InChI=1S/C11H16N6O3S/c18-10(9-8(17(19)20)6-12-14-9)15-16-11(21)13-7-4-2-1-3-5-7/h6-7H,1-5H2,(H,12,14)(H,15,18)(H2,13,16,21). The molecule has 0 bridgehead atoms. The summed E-state index contributed by atoms with van der Waals surface area (Å²) in [5.41, 5.74) is 4.22. The first-order valence-electron chi connectivity index (χ1n) is 6.62. The van der Waals surface area contributed by atoms with Gasteiger partial charge in [-0.05, 0) is 25.1 Å². The van der Waals surface area contributed by atoms with Gasteiger partial charge in [-0.25, -0.2) is 0 Å². The van der Waals surface area contributed by atoms with Gasteiger partial charge >= 0.3 is 5.69 Å². The van der Waals surface area contributed by atoms with Crippen LogP contribution >= 0.6 is 12.2 Å². The number of H-pyrrole nitrogens is 1. The zero-order valence-electron chi connectivity index (χ0n) is 11.2. The summed E-state index contributed by atoms with van der Waals surface area (Å²) in [5, 5.41) is 19.9. The van der Waals surface area contributed by atoms with E-state index in [1.165, 1.54) is 6.42 Å². The zero-order valence-corrected chi connectivity index (χ0v) is 12.0. The van der Waals surface area contributed by atoms with E-state index in [2.05, 4.69) is 26.4 Å². The van der Waals surface area contributed by atoms with Crippen molar-refractivity contribution in [3.05, 3.63) is 22.0 Å². The number of nitro groups is 1. The number of aromatic nitrogens is 2. The molecule has 0 unspecified atom stereocenters. The molecule has 1 amide bonds. The fourth-order valence-electron chi connectivity index (χ4n) is 2.23. The second-order valence-corrected chi connectivity index (χ2v) is 5.18. The summed E-state index contributed by atoms with van der Waals surface area (Å²) in [6.07, 6.45) is 6.62. The van der Waals surface area contributed by atoms with Gasteiger partial charge in [0.25, 0.3) is 5.91 Å². The first-order valence-corrected chi connectivity index (χ1v) is 7.03. The number of hydrogen-bond acceptors (Lipinski definition) is 5. The van der Waals surface area contributed by atoms with Crippen LogP contribution in [0.15, 0.2) is 6.20 Å². The smallest absolute Gasteiger partial charge is 0.319 e. The monoisotopic (exact) mass is 312 g/mol. The third-order valence-corrected chi connectivity index (χ3v) is 3.49. The van der Waals surface area contributed by atoms with E-state index in [0.29, 0.717) is 6.04 Å². The number of amides is 1. The number of nitrogens with one attached hydrogen (secondary N) is 4. The summed E-state index contributed by atoms with van der Waals surface area (Å²) in [6, 6.07) is 0.303. The Hall–Kier alpha value is -2.23. The minimum absolute atomic E-state index is 0.229. The molecule has 1 saturated carbocycles. The Bertz CT molecular complexity index is 540. The molecule has 1 aromatic rings. The van der Waals surface area contributed by atoms with Crippen LogP contribution in [-0.2, 0) is 0 Å². The van der Waals surface area contributed by atoms with E-state index < -0.39 is 10.8 Å². The van der Waals surface area contributed by atoms with Crippen LogP contribution in [0.5, 0.6) is 0 Å². The highest BCUT2D eigenvalue weighted by Crippen LogP contribution is 2.17. The number of thiocarbonyl (C=S) groups is 1. The van der Waals surface area contributed by atoms with Crippen LogP contribution < -0.4 is 16.2 Å². The maximum absolute atomic E-state index is 11.8. The molecule has 1 aliphatic carbocycles. The molecule has 0 aliphatic heterocycles. The fraction of sp³-hybridized carbons (Fsp3) is 0.545. The van der Waals surface area contributed by atoms with Gasteiger partial charge in [-0.1, -0.05) is 19.3 Å². The second kappa shape index (κ2) is 6.97. The van der Waals surface area contributed by atoms with Crippen LogP contribution in [-0.4, -0.2) is 32.2 Å². The first-order chi connectivity index (χ1) is 10.1. The maximum atomic E-state index is 11.8. The van der Waals surface area contributed by atoms with Crippen LogP contribution in [0.2, 0.25) is 0 Å². The van der Waals surface area contributed by atoms with E-state index in [4.69, 9.17) is 12.2 Å². The van der Waals surface area contributed by atoms with Gasteiger partial charge in [-0.15, -0.1) is 0 Å². The van der Waals surface area contributed by atoms with Crippen molar-refractivity contribution in [1.29, 1.82) is 0 Å². The number of hydrogen-bond donors (Lipinski definition) is 4. The van der Waals surface area contributed by atoms with Crippen LogP contribution in [0.25, 0.3) is 0 Å². The number of aromatic amines is 1. The molecule has 0 saturated heterocycles. The van der Waals surface area contributed by atoms with Gasteiger partial charge in [-0.2, -0.15) is 5.10 Å². The molecule has 2 rings (SSSR count). The highest BCUT2D eigenvalue weighted by Gasteiger charge is 2.23. The van der Waals surface area contributed by atoms with E-state index >= 15 is 0 Å². The summed E-state index contributed by atoms with van der Waals surface area (Å²) < 4.78 is 0. The van der Waals surface area contributed by atoms with Crippen LogP contribution in [0.4, 0.5) is 5.69 Å².